The fourth-order valence-corrected chi connectivity index (χ4v) is 9.83. The van der Waals surface area contributed by atoms with E-state index >= 15 is 0 Å². The molecule has 0 atom stereocenters. The molecule has 0 unspecified atom stereocenters. The van der Waals surface area contributed by atoms with E-state index in [0.717, 1.165) is 118 Å². The zero-order valence-corrected chi connectivity index (χ0v) is 47.5. The molecule has 2 aliphatic heterocycles. The van der Waals surface area contributed by atoms with Crippen LogP contribution >= 0.6 is 0 Å². The van der Waals surface area contributed by atoms with Gasteiger partial charge in [0, 0.05) is 0 Å². The number of hydrogen-bond donors (Lipinski definition) is 4. The van der Waals surface area contributed by atoms with E-state index in [1.165, 1.54) is 12.2 Å². The first-order valence-corrected chi connectivity index (χ1v) is 24.6. The van der Waals surface area contributed by atoms with Gasteiger partial charge in [0.15, 0.2) is 5.76 Å². The van der Waals surface area contributed by atoms with E-state index in [-0.39, 0.29) is 31.8 Å². The van der Waals surface area contributed by atoms with Gasteiger partial charge in [0.1, 0.15) is 12.2 Å². The van der Waals surface area contributed by atoms with Crippen molar-refractivity contribution in [3.05, 3.63) is 206 Å². The van der Waals surface area contributed by atoms with Crippen LogP contribution in [0.5, 0.6) is 0 Å². The Hall–Kier alpha value is -8.32. The van der Waals surface area contributed by atoms with Crippen LogP contribution in [0.1, 0.15) is 79.8 Å². The zero-order valence-electron chi connectivity index (χ0n) is 44.6. The quantitative estimate of drug-likeness (QED) is 0.0133. The van der Waals surface area contributed by atoms with E-state index < -0.39 is 17.5 Å². The second-order valence-electron chi connectivity index (χ2n) is 19.2. The van der Waals surface area contributed by atoms with Crippen molar-refractivity contribution in [1.82, 2.24) is 19.9 Å². The van der Waals surface area contributed by atoms with Crippen LogP contribution in [0, 0.1) is 55.4 Å². The van der Waals surface area contributed by atoms with Crippen LogP contribution in [0.25, 0.3) is 97.0 Å². The molecule has 2 aliphatic rings. The molecular weight excluding hydrogens is 1020 g/mol. The Morgan fingerprint density at radius 3 is 1.25 bits per heavy atom. The number of nitrogens with zero attached hydrogens (tertiary/aromatic N) is 4. The summed E-state index contributed by atoms with van der Waals surface area (Å²) < 4.78 is 0. The minimum absolute atomic E-state index is 0. The summed E-state index contributed by atoms with van der Waals surface area (Å²) in [5.74, 6) is -2.94. The smallest absolute Gasteiger partial charge is 0.657 e. The molecule has 4 aromatic carbocycles. The van der Waals surface area contributed by atoms with E-state index in [1.807, 2.05) is 31.2 Å². The van der Waals surface area contributed by atoms with E-state index in [0.29, 0.717) is 28.0 Å². The number of fused-ring (bicyclic) bond motifs is 8. The molecule has 7 aromatic rings. The molecular formula is C64H58N4O8Zn. The third kappa shape index (κ3) is 13.0. The van der Waals surface area contributed by atoms with Gasteiger partial charge in [-0.1, -0.05) is 160 Å². The summed E-state index contributed by atoms with van der Waals surface area (Å²) in [6, 6.07) is 31.9. The summed E-state index contributed by atoms with van der Waals surface area (Å²) in [5.41, 5.74) is 21.4. The van der Waals surface area contributed by atoms with Crippen molar-refractivity contribution in [3.63, 3.8) is 0 Å². The van der Waals surface area contributed by atoms with Crippen molar-refractivity contribution in [1.29, 1.82) is 0 Å². The predicted molar refractivity (Wildman–Crippen MR) is 304 cm³/mol. The fourth-order valence-electron chi connectivity index (χ4n) is 9.83. The summed E-state index contributed by atoms with van der Waals surface area (Å²) >= 11 is 0. The first-order chi connectivity index (χ1) is 36.4. The Morgan fingerprint density at radius 2 is 0.883 bits per heavy atom. The average molecular weight is 1080 g/mol. The van der Waals surface area contributed by atoms with Gasteiger partial charge in [0.2, 0.25) is 0 Å². The summed E-state index contributed by atoms with van der Waals surface area (Å²) in [6.45, 7) is 18.3. The molecule has 77 heavy (non-hydrogen) atoms. The van der Waals surface area contributed by atoms with Crippen LogP contribution in [0.4, 0.5) is 0 Å². The maximum absolute atomic E-state index is 12.0. The second kappa shape index (κ2) is 24.6. The number of carboxylic acids is 2. The van der Waals surface area contributed by atoms with Gasteiger partial charge in [0.05, 0.1) is 22.8 Å². The van der Waals surface area contributed by atoms with Crippen molar-refractivity contribution < 1.29 is 59.6 Å². The van der Waals surface area contributed by atoms with Gasteiger partial charge in [-0.25, -0.2) is 29.7 Å². The standard InChI is InChI=1S/C58H50N4O4.C6H10O4.Zn/c1-31-18-32(2)23-40(22-31)52-45-12-13-46(59-45)53(41-24-33(3)19-34(4)25-41)48-16-17-50(61-48)55(43-28-37(7)21-38(8)29-43)56-39(10-9-11-44(57(63)64)58(65)66)30-51(62-56)54(49-15-14-47(52)60-49)42-26-35(5)20-36(6)27-42;1-2-3-4-6(10-8)5-9-7;/h9-30H,1-8H3,(H4,59,60,61,62,63,64,65,66);2-4,7-8H,5H2,1H3;/q;;+2/p-2/b10-9+,52-45?,52-47?,53-46?,53-48?,54-49?,54-51?,55-50?,56-55?;;. The van der Waals surface area contributed by atoms with Crippen molar-refractivity contribution in [2.45, 2.75) is 62.3 Å². The Balaban J connectivity index is 0.000000712. The third-order valence-electron chi connectivity index (χ3n) is 12.6. The number of rotatable bonds is 12. The first kappa shape index (κ1) is 56.4. The fraction of sp³-hybridized carbons (Fsp3) is 0.156. The minimum atomic E-state index is -1.54. The molecule has 0 saturated carbocycles. The zero-order chi connectivity index (χ0) is 54.4. The molecule has 13 heteroatoms. The first-order valence-electron chi connectivity index (χ1n) is 24.6. The SMILES string of the molecule is CC=CC=C(COO)OO.Cc1cc(C)cc(-c2c3nc(c(-c4cc(C)cc(C)c4)c4cc(/C=C/C=C(C(=O)O)C(=O)O)c([n-]4)c(-c4cc(C)cc(C)c4)c4nc(c(-c5cc(C)cc(C)c5)c5ccc2[n-]5)C=C4)C=C3)c1.[Zn+2]. The number of aromatic nitrogens is 4. The summed E-state index contributed by atoms with van der Waals surface area (Å²) in [7, 11) is 0. The molecule has 9 rings (SSSR count). The average Bonchev–Trinajstić information content (AvgIpc) is 4.19. The Morgan fingerprint density at radius 1 is 0.506 bits per heavy atom. The van der Waals surface area contributed by atoms with Crippen molar-refractivity contribution in [3.8, 4) is 44.5 Å². The minimum Gasteiger partial charge on any atom is -0.657 e. The van der Waals surface area contributed by atoms with E-state index in [1.54, 1.807) is 18.2 Å². The predicted octanol–water partition coefficient (Wildman–Crippen LogP) is 14.6. The van der Waals surface area contributed by atoms with E-state index in [2.05, 4.69) is 156 Å². The molecule has 12 nitrogen and oxygen atoms in total. The van der Waals surface area contributed by atoms with Crippen LogP contribution in [0.3, 0.4) is 0 Å². The molecule has 5 heterocycles. The van der Waals surface area contributed by atoms with Crippen molar-refractivity contribution in [2.24, 2.45) is 0 Å². The van der Waals surface area contributed by atoms with Gasteiger partial charge < -0.3 is 25.1 Å². The van der Waals surface area contributed by atoms with Gasteiger partial charge >= 0.3 is 31.4 Å². The van der Waals surface area contributed by atoms with Crippen LogP contribution < -0.4 is 9.97 Å². The molecule has 0 amide bonds. The number of aryl methyl sites for hydroxylation is 8. The topological polar surface area (TPSA) is 187 Å². The monoisotopic (exact) mass is 1070 g/mol. The van der Waals surface area contributed by atoms with E-state index in [4.69, 9.17) is 30.5 Å². The van der Waals surface area contributed by atoms with Gasteiger partial charge in [-0.3, -0.25) is 5.26 Å². The number of carboxylic acid groups (broad SMARTS) is 2. The molecule has 0 fully saturated rings. The van der Waals surface area contributed by atoms with Crippen LogP contribution in [-0.2, 0) is 38.8 Å². The normalized spacial score (nSPS) is 11.9. The van der Waals surface area contributed by atoms with Gasteiger partial charge in [0.25, 0.3) is 0 Å². The number of carbonyl (C=O) groups is 2. The molecule has 0 spiro atoms. The van der Waals surface area contributed by atoms with Gasteiger partial charge in [-0.2, -0.15) is 0 Å². The Bertz CT molecular complexity index is 3730. The summed E-state index contributed by atoms with van der Waals surface area (Å²) in [4.78, 5) is 53.4. The molecule has 0 saturated heterocycles. The number of allylic oxidation sites excluding steroid dienone is 5. The molecule has 0 aliphatic carbocycles. The second-order valence-corrected chi connectivity index (χ2v) is 19.2. The molecule has 384 valence electrons. The molecule has 8 bridgehead atoms. The Kier molecular flexibility index (Phi) is 18.0. The van der Waals surface area contributed by atoms with Crippen molar-refractivity contribution in [2.75, 3.05) is 6.61 Å². The Labute approximate surface area is 460 Å². The largest absolute Gasteiger partial charge is 2.00 e. The van der Waals surface area contributed by atoms with Gasteiger partial charge in [-0.15, -0.1) is 22.1 Å². The van der Waals surface area contributed by atoms with Crippen LogP contribution in [0.15, 0.2) is 133 Å². The maximum atomic E-state index is 12.0. The van der Waals surface area contributed by atoms with E-state index in [9.17, 15) is 19.8 Å². The van der Waals surface area contributed by atoms with Gasteiger partial charge in [-0.05, 0) is 149 Å². The summed E-state index contributed by atoms with van der Waals surface area (Å²) in [5, 5.41) is 35.5. The van der Waals surface area contributed by atoms with Crippen LogP contribution in [-0.4, -0.2) is 49.2 Å². The molecule has 3 aromatic heterocycles. The molecule has 0 radical (unpaired) electrons. The number of aliphatic carboxylic acids is 2. The number of benzene rings is 4. The third-order valence-corrected chi connectivity index (χ3v) is 12.6. The maximum Gasteiger partial charge on any atom is 2.00 e. The van der Waals surface area contributed by atoms with Crippen molar-refractivity contribution >= 4 is 64.4 Å². The summed E-state index contributed by atoms with van der Waals surface area (Å²) in [6.07, 6.45) is 17.3. The molecule has 4 N–H and O–H groups in total. The number of hydrogen-bond acceptors (Lipinski definition) is 8. The van der Waals surface area contributed by atoms with Crippen LogP contribution in [0.2, 0.25) is 0 Å².